The predicted molar refractivity (Wildman–Crippen MR) is 77.5 cm³/mol. The van der Waals surface area contributed by atoms with E-state index in [0.717, 1.165) is 0 Å². The topological polar surface area (TPSA) is 92.4 Å². The normalized spacial score (nSPS) is 10.8. The lowest BCUT2D eigenvalue weighted by Crippen LogP contribution is -2.08. The van der Waals surface area contributed by atoms with Gasteiger partial charge < -0.3 is 9.52 Å². The summed E-state index contributed by atoms with van der Waals surface area (Å²) in [5.74, 6) is -0.789. The smallest absolute Gasteiger partial charge is 0.309 e. The Labute approximate surface area is 126 Å². The molecule has 0 fully saturated rings. The van der Waals surface area contributed by atoms with Crippen molar-refractivity contribution in [3.63, 3.8) is 0 Å². The Kier molecular flexibility index (Phi) is 4.70. The van der Waals surface area contributed by atoms with Crippen molar-refractivity contribution in [1.29, 1.82) is 0 Å². The number of carbonyl (C=O) groups excluding carboxylic acids is 1. The van der Waals surface area contributed by atoms with Crippen LogP contribution < -0.4 is 5.32 Å². The second-order valence-corrected chi connectivity index (χ2v) is 5.32. The number of aliphatic carboxylic acids is 1. The summed E-state index contributed by atoms with van der Waals surface area (Å²) in [5.41, 5.74) is 0.414. The van der Waals surface area contributed by atoms with Gasteiger partial charge in [0.25, 0.3) is 0 Å². The first-order chi connectivity index (χ1) is 9.52. The molecule has 104 valence electrons. The molecule has 2 aromatic heterocycles. The summed E-state index contributed by atoms with van der Waals surface area (Å²) in [7, 11) is 0. The van der Waals surface area contributed by atoms with Crippen molar-refractivity contribution in [3.05, 3.63) is 39.7 Å². The molecule has 0 atom stereocenters. The van der Waals surface area contributed by atoms with E-state index in [0.29, 0.717) is 21.3 Å². The fraction of sp³-hybridized carbons (Fsp3) is 0.0833. The highest BCUT2D eigenvalue weighted by Crippen LogP contribution is 2.17. The average molecular weight is 357 g/mol. The third-order valence-electron chi connectivity index (χ3n) is 2.11. The van der Waals surface area contributed by atoms with Crippen molar-refractivity contribution in [3.8, 4) is 0 Å². The molecule has 2 heterocycles. The van der Waals surface area contributed by atoms with Gasteiger partial charge >= 0.3 is 5.97 Å². The monoisotopic (exact) mass is 356 g/mol. The number of rotatable bonds is 5. The fourth-order valence-corrected chi connectivity index (χ4v) is 2.36. The van der Waals surface area contributed by atoms with Crippen molar-refractivity contribution in [1.82, 2.24) is 4.98 Å². The number of hydrogen-bond acceptors (Lipinski definition) is 5. The molecule has 0 radical (unpaired) electrons. The van der Waals surface area contributed by atoms with E-state index in [4.69, 9.17) is 9.52 Å². The number of carboxylic acids is 1. The van der Waals surface area contributed by atoms with Gasteiger partial charge in [-0.05, 0) is 34.1 Å². The Balaban J connectivity index is 1.92. The number of furan rings is 1. The average Bonchev–Trinajstić information content (AvgIpc) is 2.95. The fourth-order valence-electron chi connectivity index (χ4n) is 1.32. The van der Waals surface area contributed by atoms with Crippen LogP contribution in [0.25, 0.3) is 6.08 Å². The number of anilines is 1. The van der Waals surface area contributed by atoms with Crippen LogP contribution in [-0.2, 0) is 16.0 Å². The summed E-state index contributed by atoms with van der Waals surface area (Å²) in [6, 6.07) is 3.43. The van der Waals surface area contributed by atoms with Gasteiger partial charge in [-0.1, -0.05) is 0 Å². The summed E-state index contributed by atoms with van der Waals surface area (Å²) < 4.78 is 5.78. The maximum absolute atomic E-state index is 11.6. The minimum absolute atomic E-state index is 0.164. The lowest BCUT2D eigenvalue weighted by molar-refractivity contribution is -0.136. The van der Waals surface area contributed by atoms with Crippen LogP contribution in [0.5, 0.6) is 0 Å². The Bertz CT molecular complexity index is 662. The summed E-state index contributed by atoms with van der Waals surface area (Å²) in [6.45, 7) is 0. The standard InChI is InChI=1S/C12H9BrN2O4S/c13-9-3-1-8(19-9)2-4-10(16)15-12-14-7(6-20-12)5-11(17)18/h1-4,6H,5H2,(H,17,18)(H,14,15,16)/b4-2+. The van der Waals surface area contributed by atoms with Crippen LogP contribution in [0.3, 0.4) is 0 Å². The Hall–Kier alpha value is -1.93. The first-order valence-corrected chi connectivity index (χ1v) is 7.11. The predicted octanol–water partition coefficient (Wildman–Crippen LogP) is 2.78. The van der Waals surface area contributed by atoms with E-state index < -0.39 is 5.97 Å². The highest BCUT2D eigenvalue weighted by atomic mass is 79.9. The van der Waals surface area contributed by atoms with Crippen molar-refractivity contribution in [2.75, 3.05) is 5.32 Å². The number of halogens is 1. The maximum atomic E-state index is 11.6. The van der Waals surface area contributed by atoms with Gasteiger partial charge in [0.1, 0.15) is 5.76 Å². The highest BCUT2D eigenvalue weighted by molar-refractivity contribution is 9.10. The molecule has 0 saturated heterocycles. The molecule has 2 rings (SSSR count). The molecule has 0 unspecified atom stereocenters. The molecule has 0 aliphatic rings. The lowest BCUT2D eigenvalue weighted by Gasteiger charge is -1.95. The van der Waals surface area contributed by atoms with Crippen molar-refractivity contribution in [2.45, 2.75) is 6.42 Å². The Morgan fingerprint density at radius 1 is 1.50 bits per heavy atom. The molecule has 8 heteroatoms. The molecule has 0 bridgehead atoms. The molecule has 0 spiro atoms. The number of thiazole rings is 1. The first kappa shape index (κ1) is 14.5. The Morgan fingerprint density at radius 2 is 2.30 bits per heavy atom. The number of aromatic nitrogens is 1. The zero-order chi connectivity index (χ0) is 14.5. The largest absolute Gasteiger partial charge is 0.481 e. The first-order valence-electron chi connectivity index (χ1n) is 5.43. The molecule has 2 N–H and O–H groups in total. The van der Waals surface area contributed by atoms with Crippen LogP contribution in [-0.4, -0.2) is 22.0 Å². The van der Waals surface area contributed by atoms with Gasteiger partial charge in [0.2, 0.25) is 5.91 Å². The number of nitrogens with one attached hydrogen (secondary N) is 1. The van der Waals surface area contributed by atoms with E-state index in [2.05, 4.69) is 26.2 Å². The van der Waals surface area contributed by atoms with Gasteiger partial charge in [0, 0.05) is 11.5 Å². The number of carboxylic acid groups (broad SMARTS) is 1. The van der Waals surface area contributed by atoms with Gasteiger partial charge in [0.05, 0.1) is 12.1 Å². The lowest BCUT2D eigenvalue weighted by atomic mass is 10.3. The molecule has 2 aromatic rings. The molecule has 0 aromatic carbocycles. The SMILES string of the molecule is O=C(O)Cc1csc(NC(=O)/C=C/c2ccc(Br)o2)n1. The second kappa shape index (κ2) is 6.49. The van der Waals surface area contributed by atoms with Crippen LogP contribution in [0, 0.1) is 0 Å². The van der Waals surface area contributed by atoms with Crippen molar-refractivity contribution >= 4 is 50.4 Å². The van der Waals surface area contributed by atoms with Crippen LogP contribution in [0.15, 0.2) is 32.7 Å². The molecular weight excluding hydrogens is 348 g/mol. The van der Waals surface area contributed by atoms with Crippen LogP contribution >= 0.6 is 27.3 Å². The van der Waals surface area contributed by atoms with E-state index in [1.165, 1.54) is 23.5 Å². The molecule has 0 aliphatic heterocycles. The molecule has 20 heavy (non-hydrogen) atoms. The highest BCUT2D eigenvalue weighted by Gasteiger charge is 2.07. The number of hydrogen-bond donors (Lipinski definition) is 2. The zero-order valence-corrected chi connectivity index (χ0v) is 12.4. The van der Waals surface area contributed by atoms with Crippen LogP contribution in [0.1, 0.15) is 11.5 Å². The number of amides is 1. The third-order valence-corrected chi connectivity index (χ3v) is 3.34. The Morgan fingerprint density at radius 3 is 2.95 bits per heavy atom. The minimum Gasteiger partial charge on any atom is -0.481 e. The van der Waals surface area contributed by atoms with E-state index in [1.807, 2.05) is 0 Å². The van der Waals surface area contributed by atoms with E-state index >= 15 is 0 Å². The van der Waals surface area contributed by atoms with Gasteiger partial charge in [-0.3, -0.25) is 14.9 Å². The number of nitrogens with zero attached hydrogens (tertiary/aromatic N) is 1. The molecule has 0 saturated carbocycles. The summed E-state index contributed by atoms with van der Waals surface area (Å²) in [5, 5.41) is 13.1. The summed E-state index contributed by atoms with van der Waals surface area (Å²) >= 11 is 4.33. The molecule has 0 aliphatic carbocycles. The van der Waals surface area contributed by atoms with Gasteiger partial charge in [0.15, 0.2) is 9.80 Å². The minimum atomic E-state index is -0.962. The number of carbonyl (C=O) groups is 2. The van der Waals surface area contributed by atoms with E-state index in [1.54, 1.807) is 17.5 Å². The van der Waals surface area contributed by atoms with E-state index in [-0.39, 0.29) is 12.3 Å². The van der Waals surface area contributed by atoms with Gasteiger partial charge in [-0.25, -0.2) is 4.98 Å². The third kappa shape index (κ3) is 4.32. The van der Waals surface area contributed by atoms with Gasteiger partial charge in [-0.15, -0.1) is 11.3 Å². The maximum Gasteiger partial charge on any atom is 0.309 e. The van der Waals surface area contributed by atoms with Crippen molar-refractivity contribution in [2.24, 2.45) is 0 Å². The van der Waals surface area contributed by atoms with Crippen molar-refractivity contribution < 1.29 is 19.1 Å². The molecular formula is C12H9BrN2O4S. The van der Waals surface area contributed by atoms with Gasteiger partial charge in [-0.2, -0.15) is 0 Å². The van der Waals surface area contributed by atoms with E-state index in [9.17, 15) is 9.59 Å². The quantitative estimate of drug-likeness (QED) is 0.803. The molecule has 6 nitrogen and oxygen atoms in total. The molecule has 1 amide bonds. The van der Waals surface area contributed by atoms with Crippen LogP contribution in [0.2, 0.25) is 0 Å². The second-order valence-electron chi connectivity index (χ2n) is 3.68. The zero-order valence-electron chi connectivity index (χ0n) is 10.00. The summed E-state index contributed by atoms with van der Waals surface area (Å²) in [4.78, 5) is 26.1. The van der Waals surface area contributed by atoms with Crippen LogP contribution in [0.4, 0.5) is 5.13 Å². The summed E-state index contributed by atoms with van der Waals surface area (Å²) in [6.07, 6.45) is 2.66.